The van der Waals surface area contributed by atoms with Crippen LogP contribution >= 0.6 is 11.6 Å². The Kier molecular flexibility index (Phi) is 3.35. The first-order valence-electron chi connectivity index (χ1n) is 6.90. The molecule has 0 radical (unpaired) electrons. The Morgan fingerprint density at radius 1 is 1.28 bits per heavy atom. The van der Waals surface area contributed by atoms with Crippen molar-refractivity contribution in [1.82, 2.24) is 4.90 Å². The molecule has 98 valence electrons. The maximum Gasteiger partial charge on any atom is 0.0453 e. The van der Waals surface area contributed by atoms with Crippen molar-refractivity contribution in [1.29, 1.82) is 0 Å². The zero-order valence-corrected chi connectivity index (χ0v) is 11.7. The van der Waals surface area contributed by atoms with Gasteiger partial charge in [0, 0.05) is 29.7 Å². The normalized spacial score (nSPS) is 31.8. The number of hydrogen-bond donors (Lipinski definition) is 1. The molecule has 2 aliphatic heterocycles. The monoisotopic (exact) mass is 264 g/mol. The molecule has 2 saturated heterocycles. The Bertz CT molecular complexity index is 432. The molecule has 2 unspecified atom stereocenters. The van der Waals surface area contributed by atoms with E-state index in [0.29, 0.717) is 18.1 Å². The SMILES string of the molecule is Cc1ccc(CN2C3CCC2CC(N)C3)c(Cl)c1. The molecule has 2 aliphatic rings. The van der Waals surface area contributed by atoms with Crippen molar-refractivity contribution in [2.75, 3.05) is 0 Å². The molecule has 0 aliphatic carbocycles. The summed E-state index contributed by atoms with van der Waals surface area (Å²) in [5, 5.41) is 0.907. The number of hydrogen-bond acceptors (Lipinski definition) is 2. The van der Waals surface area contributed by atoms with E-state index in [0.717, 1.165) is 24.4 Å². The number of piperidine rings is 1. The van der Waals surface area contributed by atoms with Crippen molar-refractivity contribution in [2.24, 2.45) is 5.73 Å². The summed E-state index contributed by atoms with van der Waals surface area (Å²) in [7, 11) is 0. The van der Waals surface area contributed by atoms with Gasteiger partial charge in [0.2, 0.25) is 0 Å². The topological polar surface area (TPSA) is 29.3 Å². The van der Waals surface area contributed by atoms with E-state index < -0.39 is 0 Å². The maximum atomic E-state index is 6.34. The predicted molar refractivity (Wildman–Crippen MR) is 75.8 cm³/mol. The first kappa shape index (κ1) is 12.5. The van der Waals surface area contributed by atoms with Crippen molar-refractivity contribution in [2.45, 2.75) is 57.3 Å². The molecule has 0 aromatic heterocycles. The third-order valence-corrected chi connectivity index (χ3v) is 4.83. The standard InChI is InChI=1S/C15H21ClN2/c1-10-2-3-11(15(16)6-10)9-18-13-4-5-14(18)8-12(17)7-13/h2-3,6,12-14H,4-5,7-9,17H2,1H3. The molecule has 2 N–H and O–H groups in total. The summed E-state index contributed by atoms with van der Waals surface area (Å²) in [6, 6.07) is 8.15. The minimum absolute atomic E-state index is 0.409. The van der Waals surface area contributed by atoms with E-state index in [4.69, 9.17) is 17.3 Å². The lowest BCUT2D eigenvalue weighted by molar-refractivity contribution is 0.120. The Balaban J connectivity index is 1.77. The highest BCUT2D eigenvalue weighted by atomic mass is 35.5. The largest absolute Gasteiger partial charge is 0.328 e. The fourth-order valence-corrected chi connectivity index (χ4v) is 3.85. The number of benzene rings is 1. The van der Waals surface area contributed by atoms with Gasteiger partial charge in [-0.05, 0) is 49.8 Å². The first-order chi connectivity index (χ1) is 8.63. The zero-order chi connectivity index (χ0) is 12.7. The van der Waals surface area contributed by atoms with Crippen molar-refractivity contribution >= 4 is 11.6 Å². The highest BCUT2D eigenvalue weighted by Crippen LogP contribution is 2.36. The molecule has 3 heteroatoms. The van der Waals surface area contributed by atoms with Crippen LogP contribution in [-0.4, -0.2) is 23.0 Å². The highest BCUT2D eigenvalue weighted by molar-refractivity contribution is 6.31. The van der Waals surface area contributed by atoms with Crippen LogP contribution in [0.5, 0.6) is 0 Å². The van der Waals surface area contributed by atoms with E-state index in [1.165, 1.54) is 24.0 Å². The smallest absolute Gasteiger partial charge is 0.0453 e. The number of rotatable bonds is 2. The molecule has 18 heavy (non-hydrogen) atoms. The molecule has 1 aromatic carbocycles. The lowest BCUT2D eigenvalue weighted by Gasteiger charge is -2.37. The average molecular weight is 265 g/mol. The molecule has 2 heterocycles. The summed E-state index contributed by atoms with van der Waals surface area (Å²) in [4.78, 5) is 2.62. The van der Waals surface area contributed by atoms with E-state index in [2.05, 4.69) is 30.0 Å². The maximum absolute atomic E-state index is 6.34. The second-order valence-corrected chi connectivity index (χ2v) is 6.29. The van der Waals surface area contributed by atoms with E-state index >= 15 is 0 Å². The predicted octanol–water partition coefficient (Wildman–Crippen LogP) is 3.10. The molecule has 0 amide bonds. The molecule has 0 spiro atoms. The van der Waals surface area contributed by atoms with Gasteiger partial charge in [-0.1, -0.05) is 23.7 Å². The Hall–Kier alpha value is -0.570. The Labute approximate surface area is 114 Å². The van der Waals surface area contributed by atoms with Crippen LogP contribution in [0.2, 0.25) is 5.02 Å². The van der Waals surface area contributed by atoms with Gasteiger partial charge >= 0.3 is 0 Å². The molecule has 2 fully saturated rings. The second-order valence-electron chi connectivity index (χ2n) is 5.88. The summed E-state index contributed by atoms with van der Waals surface area (Å²) in [5.74, 6) is 0. The first-order valence-corrected chi connectivity index (χ1v) is 7.27. The number of fused-ring (bicyclic) bond motifs is 2. The van der Waals surface area contributed by atoms with Gasteiger partial charge in [0.15, 0.2) is 0 Å². The molecule has 3 rings (SSSR count). The van der Waals surface area contributed by atoms with Gasteiger partial charge in [-0.25, -0.2) is 0 Å². The van der Waals surface area contributed by atoms with E-state index in [-0.39, 0.29) is 0 Å². The molecular weight excluding hydrogens is 244 g/mol. The van der Waals surface area contributed by atoms with Gasteiger partial charge in [-0.3, -0.25) is 4.90 Å². The zero-order valence-electron chi connectivity index (χ0n) is 10.9. The lowest BCUT2D eigenvalue weighted by atomic mass is 9.97. The van der Waals surface area contributed by atoms with Gasteiger partial charge in [-0.15, -0.1) is 0 Å². The van der Waals surface area contributed by atoms with Crippen LogP contribution in [-0.2, 0) is 6.54 Å². The molecule has 1 aromatic rings. The van der Waals surface area contributed by atoms with E-state index in [1.807, 2.05) is 0 Å². The van der Waals surface area contributed by atoms with Crippen LogP contribution in [0.25, 0.3) is 0 Å². The fraction of sp³-hybridized carbons (Fsp3) is 0.600. The third-order valence-electron chi connectivity index (χ3n) is 4.48. The molecule has 2 atom stereocenters. The van der Waals surface area contributed by atoms with Crippen LogP contribution in [0.1, 0.15) is 36.8 Å². The summed E-state index contributed by atoms with van der Waals surface area (Å²) in [5.41, 5.74) is 8.60. The fourth-order valence-electron chi connectivity index (χ4n) is 3.55. The van der Waals surface area contributed by atoms with Crippen LogP contribution < -0.4 is 5.73 Å². The van der Waals surface area contributed by atoms with Gasteiger partial charge in [0.05, 0.1) is 0 Å². The Morgan fingerprint density at radius 3 is 2.56 bits per heavy atom. The third kappa shape index (κ3) is 2.29. The van der Waals surface area contributed by atoms with Crippen LogP contribution in [0.3, 0.4) is 0 Å². The Morgan fingerprint density at radius 2 is 1.94 bits per heavy atom. The number of nitrogens with zero attached hydrogens (tertiary/aromatic N) is 1. The van der Waals surface area contributed by atoms with Crippen LogP contribution in [0.15, 0.2) is 18.2 Å². The van der Waals surface area contributed by atoms with Crippen molar-refractivity contribution in [3.05, 3.63) is 34.3 Å². The number of halogens is 1. The van der Waals surface area contributed by atoms with Crippen LogP contribution in [0, 0.1) is 6.92 Å². The molecular formula is C15H21ClN2. The van der Waals surface area contributed by atoms with Crippen molar-refractivity contribution in [3.8, 4) is 0 Å². The average Bonchev–Trinajstić information content (AvgIpc) is 2.56. The van der Waals surface area contributed by atoms with Gasteiger partial charge < -0.3 is 5.73 Å². The van der Waals surface area contributed by atoms with Crippen molar-refractivity contribution in [3.63, 3.8) is 0 Å². The van der Waals surface area contributed by atoms with E-state index in [9.17, 15) is 0 Å². The lowest BCUT2D eigenvalue weighted by Crippen LogP contribution is -2.46. The highest BCUT2D eigenvalue weighted by Gasteiger charge is 2.39. The summed E-state index contributed by atoms with van der Waals surface area (Å²) < 4.78 is 0. The van der Waals surface area contributed by atoms with Gasteiger partial charge in [0.1, 0.15) is 0 Å². The van der Waals surface area contributed by atoms with Gasteiger partial charge in [-0.2, -0.15) is 0 Å². The summed E-state index contributed by atoms with van der Waals surface area (Å²) >= 11 is 6.34. The number of nitrogens with two attached hydrogens (primary N) is 1. The minimum Gasteiger partial charge on any atom is -0.328 e. The number of aryl methyl sites for hydroxylation is 1. The van der Waals surface area contributed by atoms with E-state index in [1.54, 1.807) is 0 Å². The minimum atomic E-state index is 0.409. The quantitative estimate of drug-likeness (QED) is 0.889. The summed E-state index contributed by atoms with van der Waals surface area (Å²) in [6.45, 7) is 3.07. The summed E-state index contributed by atoms with van der Waals surface area (Å²) in [6.07, 6.45) is 4.92. The molecule has 2 nitrogen and oxygen atoms in total. The molecule has 2 bridgehead atoms. The molecule has 0 saturated carbocycles. The van der Waals surface area contributed by atoms with Gasteiger partial charge in [0.25, 0.3) is 0 Å². The second kappa shape index (κ2) is 4.84. The van der Waals surface area contributed by atoms with Crippen LogP contribution in [0.4, 0.5) is 0 Å². The van der Waals surface area contributed by atoms with Crippen molar-refractivity contribution < 1.29 is 0 Å².